The summed E-state index contributed by atoms with van der Waals surface area (Å²) in [5.41, 5.74) is 6.11. The van der Waals surface area contributed by atoms with Crippen molar-refractivity contribution in [1.29, 1.82) is 0 Å². The van der Waals surface area contributed by atoms with E-state index in [0.29, 0.717) is 12.4 Å². The molecule has 0 aliphatic carbocycles. The molecule has 3 nitrogen and oxygen atoms in total. The Kier molecular flexibility index (Phi) is 8.04. The van der Waals surface area contributed by atoms with Crippen LogP contribution in [0.15, 0.2) is 54.6 Å². The smallest absolute Gasteiger partial charge is 0.130 e. The van der Waals surface area contributed by atoms with Crippen molar-refractivity contribution in [2.75, 3.05) is 0 Å². The average Bonchev–Trinajstić information content (AvgIpc) is 2.78. The van der Waals surface area contributed by atoms with Crippen LogP contribution in [0.3, 0.4) is 0 Å². The van der Waals surface area contributed by atoms with E-state index in [1.54, 1.807) is 13.0 Å². The standard InChI is InChI=1S/C29H34FNO2/c1-7-11-24-27(26(20(6)32)29(19(4)5)31-28(24)18(2)3)23-15-14-22(30)16-25(23)33-17-21-12-9-8-10-13-21/h7-16,18-20,32H,17H2,1-6H3/b11-7+/t20-/m0/s1. The molecule has 3 rings (SSSR count). The molecular formula is C29H34FNO2. The van der Waals surface area contributed by atoms with Gasteiger partial charge in [0.2, 0.25) is 0 Å². The number of hydrogen-bond acceptors (Lipinski definition) is 3. The second kappa shape index (κ2) is 10.8. The van der Waals surface area contributed by atoms with Gasteiger partial charge >= 0.3 is 0 Å². The van der Waals surface area contributed by atoms with Gasteiger partial charge in [-0.2, -0.15) is 0 Å². The van der Waals surface area contributed by atoms with Crippen molar-refractivity contribution in [3.05, 3.63) is 88.5 Å². The minimum absolute atomic E-state index is 0.111. The van der Waals surface area contributed by atoms with Gasteiger partial charge in [-0.3, -0.25) is 4.98 Å². The lowest BCUT2D eigenvalue weighted by atomic mass is 9.85. The molecule has 0 radical (unpaired) electrons. The van der Waals surface area contributed by atoms with E-state index in [0.717, 1.165) is 39.2 Å². The summed E-state index contributed by atoms with van der Waals surface area (Å²) in [7, 11) is 0. The summed E-state index contributed by atoms with van der Waals surface area (Å²) in [5, 5.41) is 10.9. The lowest BCUT2D eigenvalue weighted by molar-refractivity contribution is 0.197. The number of aliphatic hydroxyl groups excluding tert-OH is 1. The molecular weight excluding hydrogens is 413 g/mol. The molecule has 1 N–H and O–H groups in total. The first kappa shape index (κ1) is 24.7. The fourth-order valence-electron chi connectivity index (χ4n) is 4.14. The zero-order valence-corrected chi connectivity index (χ0v) is 20.4. The van der Waals surface area contributed by atoms with Crippen molar-refractivity contribution in [3.8, 4) is 16.9 Å². The quantitative estimate of drug-likeness (QED) is 0.383. The van der Waals surface area contributed by atoms with Crippen LogP contribution >= 0.6 is 0 Å². The number of rotatable bonds is 8. The molecule has 0 saturated carbocycles. The number of hydrogen-bond donors (Lipinski definition) is 1. The predicted molar refractivity (Wildman–Crippen MR) is 134 cm³/mol. The maximum absolute atomic E-state index is 14.4. The molecule has 1 atom stereocenters. The molecule has 0 aliphatic heterocycles. The maximum Gasteiger partial charge on any atom is 0.130 e. The van der Waals surface area contributed by atoms with Gasteiger partial charge in [-0.25, -0.2) is 4.39 Å². The Morgan fingerprint density at radius 1 is 0.970 bits per heavy atom. The molecule has 174 valence electrons. The molecule has 1 aromatic heterocycles. The topological polar surface area (TPSA) is 42.4 Å². The van der Waals surface area contributed by atoms with E-state index in [4.69, 9.17) is 9.72 Å². The van der Waals surface area contributed by atoms with Crippen LogP contribution in [0.2, 0.25) is 0 Å². The van der Waals surface area contributed by atoms with Gasteiger partial charge in [0, 0.05) is 34.0 Å². The number of halogens is 1. The van der Waals surface area contributed by atoms with Gasteiger partial charge in [-0.15, -0.1) is 0 Å². The summed E-state index contributed by atoms with van der Waals surface area (Å²) in [6.07, 6.45) is 3.25. The van der Waals surface area contributed by atoms with Gasteiger partial charge in [0.05, 0.1) is 11.8 Å². The molecule has 0 aliphatic rings. The van der Waals surface area contributed by atoms with Crippen molar-refractivity contribution in [1.82, 2.24) is 4.98 Å². The molecule has 2 aromatic carbocycles. The highest BCUT2D eigenvalue weighted by Gasteiger charge is 2.26. The van der Waals surface area contributed by atoms with Gasteiger partial charge in [-0.1, -0.05) is 70.2 Å². The fourth-order valence-corrected chi connectivity index (χ4v) is 4.14. The number of nitrogens with zero attached hydrogens (tertiary/aromatic N) is 1. The molecule has 0 saturated heterocycles. The number of benzene rings is 2. The molecule has 0 fully saturated rings. The van der Waals surface area contributed by atoms with E-state index < -0.39 is 6.10 Å². The summed E-state index contributed by atoms with van der Waals surface area (Å²) in [6, 6.07) is 14.4. The Morgan fingerprint density at radius 2 is 1.64 bits per heavy atom. The summed E-state index contributed by atoms with van der Waals surface area (Å²) in [6.45, 7) is 12.4. The highest BCUT2D eigenvalue weighted by atomic mass is 19.1. The largest absolute Gasteiger partial charge is 0.488 e. The third-order valence-electron chi connectivity index (χ3n) is 5.63. The molecule has 0 unspecified atom stereocenters. The Balaban J connectivity index is 2.32. The van der Waals surface area contributed by atoms with E-state index in [-0.39, 0.29) is 17.7 Å². The van der Waals surface area contributed by atoms with Gasteiger partial charge < -0.3 is 9.84 Å². The first-order valence-corrected chi connectivity index (χ1v) is 11.6. The second-order valence-corrected chi connectivity index (χ2v) is 8.98. The molecule has 4 heteroatoms. The zero-order valence-electron chi connectivity index (χ0n) is 20.4. The lowest BCUT2D eigenvalue weighted by Gasteiger charge is -2.26. The van der Waals surface area contributed by atoms with Gasteiger partial charge in [-0.05, 0) is 43.4 Å². The Hall–Kier alpha value is -2.98. The van der Waals surface area contributed by atoms with Crippen LogP contribution in [0.5, 0.6) is 5.75 Å². The lowest BCUT2D eigenvalue weighted by Crippen LogP contribution is -2.13. The summed E-state index contributed by atoms with van der Waals surface area (Å²) < 4.78 is 20.5. The highest BCUT2D eigenvalue weighted by molar-refractivity contribution is 5.84. The molecule has 1 heterocycles. The third-order valence-corrected chi connectivity index (χ3v) is 5.63. The molecule has 0 bridgehead atoms. The zero-order chi connectivity index (χ0) is 24.1. The van der Waals surface area contributed by atoms with Crippen molar-refractivity contribution in [3.63, 3.8) is 0 Å². The number of aromatic nitrogens is 1. The predicted octanol–water partition coefficient (Wildman–Crippen LogP) is 7.80. The van der Waals surface area contributed by atoms with Crippen LogP contribution < -0.4 is 4.74 Å². The molecule has 33 heavy (non-hydrogen) atoms. The minimum Gasteiger partial charge on any atom is -0.488 e. The second-order valence-electron chi connectivity index (χ2n) is 8.98. The van der Waals surface area contributed by atoms with E-state index in [9.17, 15) is 9.50 Å². The number of ether oxygens (including phenoxy) is 1. The fraction of sp³-hybridized carbons (Fsp3) is 0.345. The van der Waals surface area contributed by atoms with E-state index in [1.165, 1.54) is 12.1 Å². The van der Waals surface area contributed by atoms with Crippen LogP contribution in [-0.4, -0.2) is 10.1 Å². The van der Waals surface area contributed by atoms with Crippen LogP contribution in [-0.2, 0) is 6.61 Å². The Labute approximate surface area is 197 Å². The van der Waals surface area contributed by atoms with Crippen LogP contribution in [0.25, 0.3) is 17.2 Å². The van der Waals surface area contributed by atoms with Gasteiger partial charge in [0.1, 0.15) is 18.2 Å². The van der Waals surface area contributed by atoms with Gasteiger partial charge in [0.25, 0.3) is 0 Å². The van der Waals surface area contributed by atoms with Crippen LogP contribution in [0.4, 0.5) is 4.39 Å². The van der Waals surface area contributed by atoms with E-state index >= 15 is 0 Å². The Morgan fingerprint density at radius 3 is 2.21 bits per heavy atom. The maximum atomic E-state index is 14.4. The van der Waals surface area contributed by atoms with Crippen molar-refractivity contribution in [2.45, 2.75) is 66.1 Å². The number of pyridine rings is 1. The van der Waals surface area contributed by atoms with E-state index in [1.807, 2.05) is 49.4 Å². The minimum atomic E-state index is -0.748. The third kappa shape index (κ3) is 5.51. The Bertz CT molecular complexity index is 1120. The number of aliphatic hydroxyl groups is 1. The van der Waals surface area contributed by atoms with Crippen molar-refractivity contribution < 1.29 is 14.2 Å². The normalized spacial score (nSPS) is 12.7. The molecule has 0 spiro atoms. The first-order chi connectivity index (χ1) is 15.7. The first-order valence-electron chi connectivity index (χ1n) is 11.6. The highest BCUT2D eigenvalue weighted by Crippen LogP contribution is 2.43. The van der Waals surface area contributed by atoms with Gasteiger partial charge in [0.15, 0.2) is 0 Å². The molecule has 3 aromatic rings. The summed E-state index contributed by atoms with van der Waals surface area (Å²) >= 11 is 0. The average molecular weight is 448 g/mol. The van der Waals surface area contributed by atoms with Crippen molar-refractivity contribution in [2.24, 2.45) is 0 Å². The van der Waals surface area contributed by atoms with Crippen LogP contribution in [0, 0.1) is 5.82 Å². The number of allylic oxidation sites excluding steroid dienone is 1. The summed E-state index contributed by atoms with van der Waals surface area (Å²) in [5.74, 6) is 0.363. The summed E-state index contributed by atoms with van der Waals surface area (Å²) in [4.78, 5) is 5.01. The molecule has 0 amide bonds. The monoisotopic (exact) mass is 447 g/mol. The van der Waals surface area contributed by atoms with Crippen LogP contribution in [0.1, 0.15) is 87.6 Å². The van der Waals surface area contributed by atoms with Crippen molar-refractivity contribution >= 4 is 6.08 Å². The SMILES string of the molecule is C/C=C/c1c(C(C)C)nc(C(C)C)c([C@H](C)O)c1-c1ccc(F)cc1OCc1ccccc1. The van der Waals surface area contributed by atoms with E-state index in [2.05, 4.69) is 27.7 Å².